The number of rotatable bonds is 11. The average Bonchev–Trinajstić information content (AvgIpc) is 3.20. The summed E-state index contributed by atoms with van der Waals surface area (Å²) < 4.78 is 11.9. The number of hydrogen-bond acceptors (Lipinski definition) is 5. The predicted octanol–water partition coefficient (Wildman–Crippen LogP) is 5.04. The molecule has 0 amide bonds. The van der Waals surface area contributed by atoms with Crippen LogP contribution in [0.1, 0.15) is 43.2 Å². The van der Waals surface area contributed by atoms with Crippen molar-refractivity contribution in [3.05, 3.63) is 71.8 Å². The van der Waals surface area contributed by atoms with Crippen molar-refractivity contribution in [2.24, 2.45) is 5.92 Å². The van der Waals surface area contributed by atoms with Gasteiger partial charge in [-0.15, -0.1) is 0 Å². The average molecular weight is 492 g/mol. The standard InChI is InChI=1S/C30H37NO5/c1-22-8-12-24(13-9-22)25-14-10-23(11-15-25)21-36-28-20-27(32)30(31-16-18-35-19-17-31)26(28)6-4-2-3-5-7-29(33)34/h2-3,8-15,26,28,30H,4-7,16-21H2,1H3,(H,33,34)/b3-2+/t26-,28-,30+/m0/s1. The van der Waals surface area contributed by atoms with Crippen LogP contribution in [0.5, 0.6) is 0 Å². The van der Waals surface area contributed by atoms with Crippen molar-refractivity contribution in [2.45, 2.75) is 57.8 Å². The molecule has 2 fully saturated rings. The monoisotopic (exact) mass is 491 g/mol. The molecule has 1 saturated heterocycles. The summed E-state index contributed by atoms with van der Waals surface area (Å²) in [4.78, 5) is 26.1. The minimum absolute atomic E-state index is 0.116. The predicted molar refractivity (Wildman–Crippen MR) is 140 cm³/mol. The summed E-state index contributed by atoms with van der Waals surface area (Å²) in [6, 6.07) is 16.8. The zero-order chi connectivity index (χ0) is 25.3. The van der Waals surface area contributed by atoms with E-state index in [2.05, 4.69) is 60.4 Å². The molecule has 2 aromatic carbocycles. The molecule has 2 aromatic rings. The third-order valence-electron chi connectivity index (χ3n) is 7.22. The molecule has 6 nitrogen and oxygen atoms in total. The summed E-state index contributed by atoms with van der Waals surface area (Å²) >= 11 is 0. The number of carbonyl (C=O) groups is 2. The van der Waals surface area contributed by atoms with Crippen LogP contribution in [0.3, 0.4) is 0 Å². The van der Waals surface area contributed by atoms with E-state index in [9.17, 15) is 9.59 Å². The van der Waals surface area contributed by atoms with Gasteiger partial charge in [-0.2, -0.15) is 0 Å². The number of aryl methyl sites for hydroxylation is 1. The summed E-state index contributed by atoms with van der Waals surface area (Å²) in [6.45, 7) is 5.43. The number of carboxylic acids is 1. The second kappa shape index (κ2) is 12.9. The summed E-state index contributed by atoms with van der Waals surface area (Å²) in [5.74, 6) is -0.406. The van der Waals surface area contributed by atoms with Gasteiger partial charge in [-0.3, -0.25) is 14.5 Å². The molecule has 0 bridgehead atoms. The number of ether oxygens (including phenoxy) is 2. The van der Waals surface area contributed by atoms with E-state index in [1.807, 2.05) is 12.2 Å². The number of nitrogens with zero attached hydrogens (tertiary/aromatic N) is 1. The van der Waals surface area contributed by atoms with Gasteiger partial charge in [0.15, 0.2) is 5.78 Å². The number of Topliss-reactive ketones (excluding diaryl/α,β-unsaturated/α-hetero) is 1. The van der Waals surface area contributed by atoms with Crippen molar-refractivity contribution < 1.29 is 24.2 Å². The van der Waals surface area contributed by atoms with Crippen molar-refractivity contribution >= 4 is 11.8 Å². The fraction of sp³-hybridized carbons (Fsp3) is 0.467. The summed E-state index contributed by atoms with van der Waals surface area (Å²) in [5.41, 5.74) is 4.71. The van der Waals surface area contributed by atoms with Gasteiger partial charge in [0.2, 0.25) is 0 Å². The Hall–Kier alpha value is -2.80. The fourth-order valence-corrected chi connectivity index (χ4v) is 5.24. The molecule has 192 valence electrons. The maximum absolute atomic E-state index is 13.1. The largest absolute Gasteiger partial charge is 0.481 e. The Labute approximate surface area is 213 Å². The highest BCUT2D eigenvalue weighted by Crippen LogP contribution is 2.35. The van der Waals surface area contributed by atoms with Gasteiger partial charge in [-0.1, -0.05) is 66.2 Å². The molecule has 0 unspecified atom stereocenters. The van der Waals surface area contributed by atoms with Crippen LogP contribution in [0, 0.1) is 12.8 Å². The Morgan fingerprint density at radius 1 is 1.03 bits per heavy atom. The highest BCUT2D eigenvalue weighted by molar-refractivity contribution is 5.87. The molecule has 1 aliphatic carbocycles. The number of allylic oxidation sites excluding steroid dienone is 2. The van der Waals surface area contributed by atoms with Gasteiger partial charge < -0.3 is 14.6 Å². The second-order valence-electron chi connectivity index (χ2n) is 9.82. The number of hydrogen-bond donors (Lipinski definition) is 1. The van der Waals surface area contributed by atoms with Gasteiger partial charge in [0.05, 0.1) is 32.0 Å². The molecule has 1 heterocycles. The van der Waals surface area contributed by atoms with Crippen LogP contribution in [0.25, 0.3) is 11.1 Å². The maximum Gasteiger partial charge on any atom is 0.303 e. The Morgan fingerprint density at radius 3 is 2.33 bits per heavy atom. The number of morpholine rings is 1. The van der Waals surface area contributed by atoms with Crippen LogP contribution < -0.4 is 0 Å². The van der Waals surface area contributed by atoms with Gasteiger partial charge in [0, 0.05) is 31.8 Å². The van der Waals surface area contributed by atoms with E-state index in [1.54, 1.807) is 0 Å². The molecule has 1 aliphatic heterocycles. The molecule has 4 rings (SSSR count). The molecule has 1 N–H and O–H groups in total. The van der Waals surface area contributed by atoms with Gasteiger partial charge in [0.1, 0.15) is 0 Å². The number of carboxylic acid groups (broad SMARTS) is 1. The van der Waals surface area contributed by atoms with Gasteiger partial charge >= 0.3 is 5.97 Å². The van der Waals surface area contributed by atoms with Gasteiger partial charge in [-0.05, 0) is 42.9 Å². The number of benzene rings is 2. The minimum Gasteiger partial charge on any atom is -0.481 e. The normalized spacial score (nSPS) is 22.9. The van der Waals surface area contributed by atoms with Crippen LogP contribution in [0.4, 0.5) is 0 Å². The highest BCUT2D eigenvalue weighted by atomic mass is 16.5. The van der Waals surface area contributed by atoms with Crippen LogP contribution in [0.2, 0.25) is 0 Å². The van der Waals surface area contributed by atoms with E-state index in [0.717, 1.165) is 31.5 Å². The van der Waals surface area contributed by atoms with Gasteiger partial charge in [0.25, 0.3) is 0 Å². The Balaban J connectivity index is 1.38. The molecular formula is C30H37NO5. The summed E-state index contributed by atoms with van der Waals surface area (Å²) in [6.07, 6.45) is 6.63. The zero-order valence-electron chi connectivity index (χ0n) is 21.1. The number of ketones is 1. The fourth-order valence-electron chi connectivity index (χ4n) is 5.24. The molecule has 0 aromatic heterocycles. The third kappa shape index (κ3) is 7.12. The van der Waals surface area contributed by atoms with Crippen molar-refractivity contribution in [1.82, 2.24) is 4.90 Å². The SMILES string of the molecule is Cc1ccc(-c2ccc(CO[C@H]3CC(=O)[C@H](N4CCOCC4)[C@H]3CC/C=C/CCC(=O)O)cc2)cc1. The van der Waals surface area contributed by atoms with E-state index < -0.39 is 5.97 Å². The maximum atomic E-state index is 13.1. The van der Waals surface area contributed by atoms with E-state index in [0.29, 0.717) is 32.7 Å². The lowest BCUT2D eigenvalue weighted by molar-refractivity contribution is -0.136. The molecule has 6 heteroatoms. The van der Waals surface area contributed by atoms with Crippen LogP contribution >= 0.6 is 0 Å². The smallest absolute Gasteiger partial charge is 0.303 e. The summed E-state index contributed by atoms with van der Waals surface area (Å²) in [7, 11) is 0. The first-order valence-corrected chi connectivity index (χ1v) is 13.0. The van der Waals surface area contributed by atoms with E-state index in [-0.39, 0.29) is 30.3 Å². The van der Waals surface area contributed by atoms with Crippen molar-refractivity contribution in [3.8, 4) is 11.1 Å². The number of carbonyl (C=O) groups excluding carboxylic acids is 1. The topological polar surface area (TPSA) is 76.1 Å². The third-order valence-corrected chi connectivity index (χ3v) is 7.22. The van der Waals surface area contributed by atoms with Crippen molar-refractivity contribution in [3.63, 3.8) is 0 Å². The quantitative estimate of drug-likeness (QED) is 0.444. The second-order valence-corrected chi connectivity index (χ2v) is 9.82. The summed E-state index contributed by atoms with van der Waals surface area (Å²) in [5, 5.41) is 8.82. The van der Waals surface area contributed by atoms with Crippen LogP contribution in [-0.4, -0.2) is 60.2 Å². The van der Waals surface area contributed by atoms with Crippen LogP contribution in [-0.2, 0) is 25.7 Å². The van der Waals surface area contributed by atoms with Crippen molar-refractivity contribution in [2.75, 3.05) is 26.3 Å². The molecule has 0 spiro atoms. The first kappa shape index (κ1) is 26.3. The Bertz CT molecular complexity index is 1020. The molecular weight excluding hydrogens is 454 g/mol. The van der Waals surface area contributed by atoms with Crippen LogP contribution in [0.15, 0.2) is 60.7 Å². The van der Waals surface area contributed by atoms with Gasteiger partial charge in [-0.25, -0.2) is 0 Å². The number of aliphatic carboxylic acids is 1. The lowest BCUT2D eigenvalue weighted by Crippen LogP contribution is -2.49. The molecule has 1 saturated carbocycles. The van der Waals surface area contributed by atoms with Crippen molar-refractivity contribution in [1.29, 1.82) is 0 Å². The highest BCUT2D eigenvalue weighted by Gasteiger charge is 2.45. The first-order chi connectivity index (χ1) is 17.5. The zero-order valence-corrected chi connectivity index (χ0v) is 21.1. The molecule has 0 radical (unpaired) electrons. The molecule has 3 atom stereocenters. The first-order valence-electron chi connectivity index (χ1n) is 13.0. The lowest BCUT2D eigenvalue weighted by atomic mass is 9.93. The van der Waals surface area contributed by atoms with E-state index in [1.165, 1.54) is 16.7 Å². The van der Waals surface area contributed by atoms with E-state index >= 15 is 0 Å². The Morgan fingerprint density at radius 2 is 1.67 bits per heavy atom. The Kier molecular flexibility index (Phi) is 9.45. The lowest BCUT2D eigenvalue weighted by Gasteiger charge is -2.35. The molecule has 2 aliphatic rings. The van der Waals surface area contributed by atoms with E-state index in [4.69, 9.17) is 14.6 Å². The molecule has 36 heavy (non-hydrogen) atoms. The minimum atomic E-state index is -0.784.